The third kappa shape index (κ3) is 35.3. The first kappa shape index (κ1) is 52.9. The van der Waals surface area contributed by atoms with Crippen LogP contribution >= 0.6 is 0 Å². The van der Waals surface area contributed by atoms with E-state index in [-0.39, 0.29) is 11.8 Å². The van der Waals surface area contributed by atoms with E-state index in [0.29, 0.717) is 19.3 Å². The van der Waals surface area contributed by atoms with Crippen LogP contribution < -0.4 is 10.6 Å². The van der Waals surface area contributed by atoms with Crippen LogP contribution in [0.4, 0.5) is 0 Å². The summed E-state index contributed by atoms with van der Waals surface area (Å²) in [4.78, 5) is 27.8. The molecule has 0 bridgehead atoms. The summed E-state index contributed by atoms with van der Waals surface area (Å²) in [5.74, 6) is -0.724. The van der Waals surface area contributed by atoms with Crippen LogP contribution in [0.25, 0.3) is 0 Å². The summed E-state index contributed by atoms with van der Waals surface area (Å²) in [6.45, 7) is 6.62. The first-order chi connectivity index (χ1) is 26.4. The molecule has 2 N–H and O–H groups in total. The van der Waals surface area contributed by atoms with Crippen LogP contribution in [0.3, 0.4) is 0 Å². The lowest BCUT2D eigenvalue weighted by Gasteiger charge is -2.40. The van der Waals surface area contributed by atoms with Crippen molar-refractivity contribution in [3.05, 3.63) is 0 Å². The van der Waals surface area contributed by atoms with Gasteiger partial charge in [0.15, 0.2) is 5.79 Å². The highest BCUT2D eigenvalue weighted by molar-refractivity contribution is 5.80. The SMILES string of the molecule is CCCCCCCCCCCCCCCCCCCCCC(=O)NC(CC)(NC(=O)CCCCCCCCCCCCCCCCCCCCC)N(C)C. The van der Waals surface area contributed by atoms with E-state index in [4.69, 9.17) is 0 Å². The summed E-state index contributed by atoms with van der Waals surface area (Å²) in [6, 6.07) is 0. The number of nitrogens with zero attached hydrogens (tertiary/aromatic N) is 1. The van der Waals surface area contributed by atoms with E-state index in [1.54, 1.807) is 0 Å². The topological polar surface area (TPSA) is 61.4 Å². The second-order valence-corrected chi connectivity index (χ2v) is 17.4. The Bertz CT molecular complexity index is 729. The van der Waals surface area contributed by atoms with Gasteiger partial charge in [0.2, 0.25) is 11.8 Å². The van der Waals surface area contributed by atoms with Crippen molar-refractivity contribution in [2.24, 2.45) is 0 Å². The number of hydrogen-bond acceptors (Lipinski definition) is 3. The Labute approximate surface area is 339 Å². The van der Waals surface area contributed by atoms with E-state index in [2.05, 4.69) is 24.5 Å². The highest BCUT2D eigenvalue weighted by Crippen LogP contribution is 2.18. The Hall–Kier alpha value is -1.10. The Kier molecular flexibility index (Phi) is 40.7. The summed E-state index contributed by atoms with van der Waals surface area (Å²) >= 11 is 0. The van der Waals surface area contributed by atoms with Gasteiger partial charge in [-0.05, 0) is 26.9 Å². The Morgan fingerprint density at radius 3 is 0.685 bits per heavy atom. The number of rotatable bonds is 44. The standard InChI is InChI=1S/C49H99N3O2/c1-6-9-11-13-15-17-19-21-23-25-27-29-31-33-35-37-39-41-43-45-47(53)50-49(8-3,52(4)5)51-48(54)46-44-42-40-38-36-34-32-30-28-26-24-22-20-18-16-14-12-10-7-2/h6-46H2,1-5H3,(H,50,53)(H,51,54). The summed E-state index contributed by atoms with van der Waals surface area (Å²) < 4.78 is 0. The van der Waals surface area contributed by atoms with Gasteiger partial charge in [0, 0.05) is 19.3 Å². The van der Waals surface area contributed by atoms with Crippen molar-refractivity contribution in [2.45, 2.75) is 290 Å². The molecule has 0 aliphatic heterocycles. The van der Waals surface area contributed by atoms with Gasteiger partial charge in [-0.2, -0.15) is 0 Å². The Morgan fingerprint density at radius 2 is 0.519 bits per heavy atom. The van der Waals surface area contributed by atoms with Gasteiger partial charge < -0.3 is 10.6 Å². The maximum atomic E-state index is 12.9. The fraction of sp³-hybridized carbons (Fsp3) is 0.959. The molecule has 0 radical (unpaired) electrons. The molecule has 0 saturated carbocycles. The molecule has 0 aliphatic carbocycles. The van der Waals surface area contributed by atoms with E-state index in [9.17, 15) is 9.59 Å². The number of carbonyl (C=O) groups is 2. The molecule has 0 aromatic carbocycles. The van der Waals surface area contributed by atoms with Gasteiger partial charge >= 0.3 is 0 Å². The maximum absolute atomic E-state index is 12.9. The molecule has 0 heterocycles. The first-order valence-corrected chi connectivity index (χ1v) is 24.7. The van der Waals surface area contributed by atoms with Crippen molar-refractivity contribution >= 4 is 11.8 Å². The van der Waals surface area contributed by atoms with Crippen LogP contribution in [0.15, 0.2) is 0 Å². The van der Waals surface area contributed by atoms with Crippen molar-refractivity contribution in [2.75, 3.05) is 14.1 Å². The molecule has 5 heteroatoms. The average molecular weight is 762 g/mol. The molecule has 0 aliphatic rings. The largest absolute Gasteiger partial charge is 0.321 e. The smallest absolute Gasteiger partial charge is 0.222 e. The van der Waals surface area contributed by atoms with E-state index < -0.39 is 5.79 Å². The average Bonchev–Trinajstić information content (AvgIpc) is 3.16. The highest BCUT2D eigenvalue weighted by atomic mass is 16.2. The zero-order valence-corrected chi connectivity index (χ0v) is 37.8. The van der Waals surface area contributed by atoms with Crippen LogP contribution in [-0.2, 0) is 9.59 Å². The molecule has 0 fully saturated rings. The number of unbranched alkanes of at least 4 members (excludes halogenated alkanes) is 36. The molecular weight excluding hydrogens is 663 g/mol. The zero-order chi connectivity index (χ0) is 39.6. The molecule has 0 rings (SSSR count). The second-order valence-electron chi connectivity index (χ2n) is 17.4. The van der Waals surface area contributed by atoms with Crippen LogP contribution in [-0.4, -0.2) is 36.6 Å². The molecule has 54 heavy (non-hydrogen) atoms. The quantitative estimate of drug-likeness (QED) is 0.0480. The fourth-order valence-corrected chi connectivity index (χ4v) is 8.06. The fourth-order valence-electron chi connectivity index (χ4n) is 8.06. The van der Waals surface area contributed by atoms with Crippen molar-refractivity contribution in [1.29, 1.82) is 0 Å². The number of amides is 2. The lowest BCUT2D eigenvalue weighted by Crippen LogP contribution is -2.68. The van der Waals surface area contributed by atoms with Gasteiger partial charge in [0.1, 0.15) is 0 Å². The summed E-state index contributed by atoms with van der Waals surface area (Å²) in [5.41, 5.74) is 0. The number of carbonyl (C=O) groups excluding carboxylic acids is 2. The molecular formula is C49H99N3O2. The lowest BCUT2D eigenvalue weighted by atomic mass is 10.0. The monoisotopic (exact) mass is 762 g/mol. The van der Waals surface area contributed by atoms with Crippen molar-refractivity contribution in [3.8, 4) is 0 Å². The van der Waals surface area contributed by atoms with E-state index in [1.807, 2.05) is 25.9 Å². The molecule has 0 atom stereocenters. The minimum absolute atomic E-state index is 0.0429. The molecule has 2 amide bonds. The molecule has 0 spiro atoms. The minimum Gasteiger partial charge on any atom is -0.321 e. The van der Waals surface area contributed by atoms with Gasteiger partial charge in [0.25, 0.3) is 0 Å². The summed E-state index contributed by atoms with van der Waals surface area (Å²) in [6.07, 6.45) is 53.1. The summed E-state index contributed by atoms with van der Waals surface area (Å²) in [7, 11) is 3.89. The number of nitrogens with one attached hydrogen (secondary N) is 2. The van der Waals surface area contributed by atoms with E-state index >= 15 is 0 Å². The van der Waals surface area contributed by atoms with Crippen molar-refractivity contribution in [3.63, 3.8) is 0 Å². The third-order valence-electron chi connectivity index (χ3n) is 12.0. The third-order valence-corrected chi connectivity index (χ3v) is 12.0. The molecule has 0 aromatic heterocycles. The van der Waals surface area contributed by atoms with Gasteiger partial charge in [-0.1, -0.05) is 252 Å². The molecule has 0 aromatic rings. The molecule has 0 unspecified atom stereocenters. The predicted molar refractivity (Wildman–Crippen MR) is 239 cm³/mol. The van der Waals surface area contributed by atoms with Gasteiger partial charge in [-0.15, -0.1) is 0 Å². The lowest BCUT2D eigenvalue weighted by molar-refractivity contribution is -0.132. The van der Waals surface area contributed by atoms with Crippen molar-refractivity contribution < 1.29 is 9.59 Å². The van der Waals surface area contributed by atoms with Gasteiger partial charge in [0.05, 0.1) is 0 Å². The molecule has 5 nitrogen and oxygen atoms in total. The van der Waals surface area contributed by atoms with Crippen LogP contribution in [0.1, 0.15) is 284 Å². The maximum Gasteiger partial charge on any atom is 0.222 e. The predicted octanol–water partition coefficient (Wildman–Crippen LogP) is 15.5. The zero-order valence-electron chi connectivity index (χ0n) is 37.8. The van der Waals surface area contributed by atoms with E-state index in [1.165, 1.54) is 218 Å². The van der Waals surface area contributed by atoms with Crippen LogP contribution in [0.5, 0.6) is 0 Å². The highest BCUT2D eigenvalue weighted by Gasteiger charge is 2.33. The van der Waals surface area contributed by atoms with Crippen LogP contribution in [0, 0.1) is 0 Å². The number of hydrogen-bond donors (Lipinski definition) is 2. The van der Waals surface area contributed by atoms with Crippen LogP contribution in [0.2, 0.25) is 0 Å². The van der Waals surface area contributed by atoms with E-state index in [0.717, 1.165) is 25.7 Å². The van der Waals surface area contributed by atoms with Gasteiger partial charge in [-0.25, -0.2) is 0 Å². The minimum atomic E-state index is -0.810. The Morgan fingerprint density at radius 1 is 0.333 bits per heavy atom. The molecule has 322 valence electrons. The normalized spacial score (nSPS) is 11.8. The summed E-state index contributed by atoms with van der Waals surface area (Å²) in [5, 5.41) is 6.37. The van der Waals surface area contributed by atoms with Gasteiger partial charge in [-0.3, -0.25) is 14.5 Å². The van der Waals surface area contributed by atoms with Crippen molar-refractivity contribution in [1.82, 2.24) is 15.5 Å². The Balaban J connectivity index is 3.77. The first-order valence-electron chi connectivity index (χ1n) is 24.7. The molecule has 0 saturated heterocycles. The second kappa shape index (κ2) is 41.5.